The molecule has 0 aliphatic heterocycles. The lowest BCUT2D eigenvalue weighted by Gasteiger charge is -2.34. The zero-order chi connectivity index (χ0) is 27.9. The highest BCUT2D eigenvalue weighted by Gasteiger charge is 2.33. The van der Waals surface area contributed by atoms with Crippen molar-refractivity contribution in [2.24, 2.45) is 0 Å². The van der Waals surface area contributed by atoms with E-state index in [4.69, 9.17) is 0 Å². The van der Waals surface area contributed by atoms with Crippen LogP contribution in [0.15, 0.2) is 48.5 Å². The van der Waals surface area contributed by atoms with Gasteiger partial charge in [-0.3, -0.25) is 18.7 Å². The third-order valence-electron chi connectivity index (χ3n) is 6.99. The van der Waals surface area contributed by atoms with Crippen LogP contribution in [0.25, 0.3) is 0 Å². The molecule has 1 aliphatic rings. The number of hydrogen-bond donors (Lipinski definition) is 1. The van der Waals surface area contributed by atoms with Crippen molar-refractivity contribution in [3.05, 3.63) is 65.2 Å². The normalized spacial score (nSPS) is 14.9. The quantitative estimate of drug-likeness (QED) is 0.429. The summed E-state index contributed by atoms with van der Waals surface area (Å²) >= 11 is 0. The average molecular weight is 542 g/mol. The number of carbonyl (C=O) groups is 3. The highest BCUT2D eigenvalue weighted by Crippen LogP contribution is 2.22. The molecule has 0 saturated heterocycles. The van der Waals surface area contributed by atoms with Crippen molar-refractivity contribution in [1.82, 2.24) is 10.2 Å². The van der Waals surface area contributed by atoms with Crippen LogP contribution in [0, 0.1) is 6.92 Å². The monoisotopic (exact) mass is 541 g/mol. The van der Waals surface area contributed by atoms with Crippen LogP contribution in [-0.4, -0.2) is 55.8 Å². The molecule has 2 aromatic carbocycles. The Morgan fingerprint density at radius 3 is 2.32 bits per heavy atom. The Morgan fingerprint density at radius 1 is 1.03 bits per heavy atom. The molecule has 1 fully saturated rings. The standard InChI is InChI=1S/C29H39N3O5S/c1-5-27(29(35)30-25-14-7-6-8-15-25)31(19-23-12-9-11-21(2)17-23)28(34)20-32(38(4,36)37)26-16-10-13-24(18-26)22(3)33/h9-13,16-18,25,27H,5-8,14-15,19-20H2,1-4H3,(H,30,35). The Hall–Kier alpha value is -3.20. The van der Waals surface area contributed by atoms with E-state index in [1.165, 1.54) is 17.9 Å². The third kappa shape index (κ3) is 7.90. The lowest BCUT2D eigenvalue weighted by atomic mass is 9.95. The van der Waals surface area contributed by atoms with Crippen molar-refractivity contribution in [2.45, 2.75) is 77.9 Å². The Balaban J connectivity index is 1.94. The van der Waals surface area contributed by atoms with Gasteiger partial charge in [0.25, 0.3) is 0 Å². The Labute approximate surface area is 226 Å². The highest BCUT2D eigenvalue weighted by molar-refractivity contribution is 7.92. The summed E-state index contributed by atoms with van der Waals surface area (Å²) < 4.78 is 26.6. The molecule has 206 valence electrons. The fourth-order valence-electron chi connectivity index (χ4n) is 4.96. The average Bonchev–Trinajstić information content (AvgIpc) is 2.87. The number of nitrogens with zero attached hydrogens (tertiary/aromatic N) is 2. The van der Waals surface area contributed by atoms with Crippen LogP contribution in [0.1, 0.15) is 73.9 Å². The van der Waals surface area contributed by atoms with Crippen molar-refractivity contribution in [3.8, 4) is 0 Å². The largest absolute Gasteiger partial charge is 0.352 e. The second kappa shape index (κ2) is 13.0. The highest BCUT2D eigenvalue weighted by atomic mass is 32.2. The fourth-order valence-corrected chi connectivity index (χ4v) is 5.81. The molecule has 9 heteroatoms. The molecular formula is C29H39N3O5S. The number of carbonyl (C=O) groups excluding carboxylic acids is 3. The van der Waals surface area contributed by atoms with Crippen LogP contribution >= 0.6 is 0 Å². The first kappa shape index (κ1) is 29.4. The van der Waals surface area contributed by atoms with E-state index in [2.05, 4.69) is 5.32 Å². The van der Waals surface area contributed by atoms with E-state index in [1.807, 2.05) is 38.1 Å². The first-order valence-electron chi connectivity index (χ1n) is 13.2. The maximum absolute atomic E-state index is 13.9. The Kier molecular flexibility index (Phi) is 10.1. The second-order valence-electron chi connectivity index (χ2n) is 10.2. The molecule has 1 N–H and O–H groups in total. The Bertz CT molecular complexity index is 1250. The van der Waals surface area contributed by atoms with Gasteiger partial charge in [0.15, 0.2) is 5.78 Å². The van der Waals surface area contributed by atoms with Crippen LogP contribution in [0.4, 0.5) is 5.69 Å². The van der Waals surface area contributed by atoms with Gasteiger partial charge in [-0.25, -0.2) is 8.42 Å². The smallest absolute Gasteiger partial charge is 0.244 e. The molecule has 0 aromatic heterocycles. The minimum atomic E-state index is -3.87. The number of benzene rings is 2. The van der Waals surface area contributed by atoms with Crippen LogP contribution in [0.2, 0.25) is 0 Å². The zero-order valence-electron chi connectivity index (χ0n) is 22.8. The van der Waals surface area contributed by atoms with Crippen molar-refractivity contribution >= 4 is 33.3 Å². The third-order valence-corrected chi connectivity index (χ3v) is 8.13. The number of rotatable bonds is 11. The second-order valence-corrected chi connectivity index (χ2v) is 12.1. The molecule has 3 rings (SSSR count). The number of sulfonamides is 1. The lowest BCUT2D eigenvalue weighted by molar-refractivity contribution is -0.140. The molecule has 0 spiro atoms. The fraction of sp³-hybridized carbons (Fsp3) is 0.483. The number of anilines is 1. The number of ketones is 1. The maximum Gasteiger partial charge on any atom is 0.244 e. The number of nitrogens with one attached hydrogen (secondary N) is 1. The molecule has 2 amide bonds. The topological polar surface area (TPSA) is 104 Å². The van der Waals surface area contributed by atoms with Crippen molar-refractivity contribution in [1.29, 1.82) is 0 Å². The van der Waals surface area contributed by atoms with E-state index < -0.39 is 28.5 Å². The van der Waals surface area contributed by atoms with E-state index >= 15 is 0 Å². The first-order chi connectivity index (χ1) is 18.0. The summed E-state index contributed by atoms with van der Waals surface area (Å²) in [6.07, 6.45) is 6.54. The minimum Gasteiger partial charge on any atom is -0.352 e. The van der Waals surface area contributed by atoms with Crippen molar-refractivity contribution in [3.63, 3.8) is 0 Å². The summed E-state index contributed by atoms with van der Waals surface area (Å²) in [5.41, 5.74) is 2.45. The van der Waals surface area contributed by atoms with E-state index in [0.29, 0.717) is 12.0 Å². The van der Waals surface area contributed by atoms with Gasteiger partial charge in [0, 0.05) is 18.2 Å². The van der Waals surface area contributed by atoms with Crippen LogP contribution < -0.4 is 9.62 Å². The lowest BCUT2D eigenvalue weighted by Crippen LogP contribution is -2.54. The molecule has 8 nitrogen and oxygen atoms in total. The Morgan fingerprint density at radius 2 is 1.71 bits per heavy atom. The van der Waals surface area contributed by atoms with E-state index in [0.717, 1.165) is 53.8 Å². The number of Topliss-reactive ketones (excluding diaryl/α,β-unsaturated/α-hetero) is 1. The molecule has 1 aliphatic carbocycles. The number of amides is 2. The van der Waals surface area contributed by atoms with E-state index in [9.17, 15) is 22.8 Å². The minimum absolute atomic E-state index is 0.0862. The summed E-state index contributed by atoms with van der Waals surface area (Å²) in [7, 11) is -3.87. The van der Waals surface area contributed by atoms with Gasteiger partial charge in [0.05, 0.1) is 11.9 Å². The SMILES string of the molecule is CCC(C(=O)NC1CCCCC1)N(Cc1cccc(C)c1)C(=O)CN(c1cccc(C(C)=O)c1)S(C)(=O)=O. The zero-order valence-corrected chi connectivity index (χ0v) is 23.6. The summed E-state index contributed by atoms with van der Waals surface area (Å²) in [5.74, 6) is -0.918. The number of hydrogen-bond acceptors (Lipinski definition) is 5. The van der Waals surface area contributed by atoms with Gasteiger partial charge in [-0.05, 0) is 50.8 Å². The molecule has 1 atom stereocenters. The van der Waals surface area contributed by atoms with Crippen LogP contribution in [0.3, 0.4) is 0 Å². The molecule has 1 saturated carbocycles. The van der Waals surface area contributed by atoms with Gasteiger partial charge in [-0.1, -0.05) is 68.1 Å². The molecule has 1 unspecified atom stereocenters. The molecule has 38 heavy (non-hydrogen) atoms. The van der Waals surface area contributed by atoms with Gasteiger partial charge < -0.3 is 10.2 Å². The van der Waals surface area contributed by atoms with Gasteiger partial charge in [-0.2, -0.15) is 0 Å². The predicted octanol–water partition coefficient (Wildman–Crippen LogP) is 4.22. The van der Waals surface area contributed by atoms with Gasteiger partial charge >= 0.3 is 0 Å². The van der Waals surface area contributed by atoms with E-state index in [-0.39, 0.29) is 30.0 Å². The van der Waals surface area contributed by atoms with Crippen molar-refractivity contribution in [2.75, 3.05) is 17.1 Å². The van der Waals surface area contributed by atoms with Crippen LogP contribution in [-0.2, 0) is 26.2 Å². The summed E-state index contributed by atoms with van der Waals surface area (Å²) in [5, 5.41) is 3.14. The number of aryl methyl sites for hydroxylation is 1. The van der Waals surface area contributed by atoms with Gasteiger partial charge in [0.2, 0.25) is 21.8 Å². The van der Waals surface area contributed by atoms with Crippen molar-refractivity contribution < 1.29 is 22.8 Å². The predicted molar refractivity (Wildman–Crippen MR) is 149 cm³/mol. The van der Waals surface area contributed by atoms with E-state index in [1.54, 1.807) is 18.2 Å². The van der Waals surface area contributed by atoms with Gasteiger partial charge in [-0.15, -0.1) is 0 Å². The maximum atomic E-state index is 13.9. The van der Waals surface area contributed by atoms with Gasteiger partial charge in [0.1, 0.15) is 12.6 Å². The molecule has 0 bridgehead atoms. The molecular weight excluding hydrogens is 502 g/mol. The summed E-state index contributed by atoms with van der Waals surface area (Å²) in [6, 6.07) is 13.2. The van der Waals surface area contributed by atoms with Crippen LogP contribution in [0.5, 0.6) is 0 Å². The molecule has 2 aromatic rings. The first-order valence-corrected chi connectivity index (χ1v) is 15.1. The summed E-state index contributed by atoms with van der Waals surface area (Å²) in [6.45, 7) is 4.89. The summed E-state index contributed by atoms with van der Waals surface area (Å²) in [4.78, 5) is 40.7. The molecule has 0 heterocycles. The molecule has 0 radical (unpaired) electrons.